The van der Waals surface area contributed by atoms with Crippen LogP contribution in [0.2, 0.25) is 10.0 Å². The number of carbonyl (C=O) groups excluding carboxylic acids is 1. The number of carbonyl (C=O) groups is 1. The number of benzene rings is 1. The molecule has 3 rings (SSSR count). The van der Waals surface area contributed by atoms with Gasteiger partial charge in [0.05, 0.1) is 10.0 Å². The van der Waals surface area contributed by atoms with E-state index in [0.29, 0.717) is 28.8 Å². The van der Waals surface area contributed by atoms with Gasteiger partial charge in [-0.15, -0.1) is 23.7 Å². The summed E-state index contributed by atoms with van der Waals surface area (Å²) in [5.74, 6) is -0.0373. The first-order chi connectivity index (χ1) is 10.9. The normalized spacial score (nSPS) is 20.1. The molecule has 130 valence electrons. The third-order valence-corrected chi connectivity index (χ3v) is 5.86. The fraction of sp³-hybridized carbons (Fsp3) is 0.375. The lowest BCUT2D eigenvalue weighted by molar-refractivity contribution is 0.0772. The van der Waals surface area contributed by atoms with E-state index in [2.05, 4.69) is 11.9 Å². The van der Waals surface area contributed by atoms with Crippen molar-refractivity contribution in [1.82, 2.24) is 9.88 Å². The summed E-state index contributed by atoms with van der Waals surface area (Å²) < 4.78 is 0. The van der Waals surface area contributed by atoms with E-state index in [4.69, 9.17) is 28.9 Å². The van der Waals surface area contributed by atoms with Crippen molar-refractivity contribution in [2.75, 3.05) is 19.6 Å². The molecule has 0 radical (unpaired) electrons. The predicted octanol–water partition coefficient (Wildman–Crippen LogP) is 4.35. The topological polar surface area (TPSA) is 59.2 Å². The molecule has 2 N–H and O–H groups in total. The fourth-order valence-electron chi connectivity index (χ4n) is 2.66. The van der Waals surface area contributed by atoms with E-state index in [1.165, 1.54) is 11.3 Å². The van der Waals surface area contributed by atoms with Crippen molar-refractivity contribution in [2.45, 2.75) is 13.3 Å². The highest BCUT2D eigenvalue weighted by Crippen LogP contribution is 2.32. The molecule has 0 bridgehead atoms. The summed E-state index contributed by atoms with van der Waals surface area (Å²) in [5, 5.41) is 3.53. The van der Waals surface area contributed by atoms with Crippen LogP contribution < -0.4 is 5.73 Å². The van der Waals surface area contributed by atoms with Crippen LogP contribution in [0.3, 0.4) is 0 Å². The van der Waals surface area contributed by atoms with Crippen LogP contribution in [0.4, 0.5) is 0 Å². The number of aromatic nitrogens is 1. The van der Waals surface area contributed by atoms with Crippen LogP contribution in [0.5, 0.6) is 0 Å². The Morgan fingerprint density at radius 2 is 2.17 bits per heavy atom. The molecule has 4 nitrogen and oxygen atoms in total. The Balaban J connectivity index is 0.00000208. The third-order valence-electron chi connectivity index (χ3n) is 4.23. The highest BCUT2D eigenvalue weighted by Gasteiger charge is 2.35. The molecule has 2 aromatic rings. The number of likely N-dealkylation sites (tertiary alicyclic amines) is 1. The summed E-state index contributed by atoms with van der Waals surface area (Å²) in [7, 11) is 0. The summed E-state index contributed by atoms with van der Waals surface area (Å²) in [6, 6.07) is 5.34. The van der Waals surface area contributed by atoms with Crippen molar-refractivity contribution in [3.63, 3.8) is 0 Å². The van der Waals surface area contributed by atoms with E-state index in [1.54, 1.807) is 17.5 Å². The Hall–Kier alpha value is -0.850. The minimum Gasteiger partial charge on any atom is -0.337 e. The van der Waals surface area contributed by atoms with Crippen LogP contribution in [0.25, 0.3) is 10.6 Å². The zero-order chi connectivity index (χ0) is 16.6. The minimum absolute atomic E-state index is 0. The molecular weight excluding hydrogens is 389 g/mol. The van der Waals surface area contributed by atoms with Crippen LogP contribution in [0.15, 0.2) is 23.6 Å². The molecule has 1 amide bonds. The van der Waals surface area contributed by atoms with E-state index in [9.17, 15) is 4.79 Å². The largest absolute Gasteiger partial charge is 0.337 e. The molecule has 1 unspecified atom stereocenters. The summed E-state index contributed by atoms with van der Waals surface area (Å²) in [4.78, 5) is 18.9. The second-order valence-electron chi connectivity index (χ2n) is 6.16. The average Bonchev–Trinajstić information content (AvgIpc) is 3.17. The van der Waals surface area contributed by atoms with Gasteiger partial charge >= 0.3 is 0 Å². The second-order valence-corrected chi connectivity index (χ2v) is 7.83. The van der Waals surface area contributed by atoms with Crippen molar-refractivity contribution >= 4 is 52.9 Å². The van der Waals surface area contributed by atoms with Crippen molar-refractivity contribution < 1.29 is 4.79 Å². The van der Waals surface area contributed by atoms with Gasteiger partial charge in [-0.25, -0.2) is 4.98 Å². The second kappa shape index (κ2) is 7.58. The Morgan fingerprint density at radius 1 is 1.42 bits per heavy atom. The first kappa shape index (κ1) is 19.5. The van der Waals surface area contributed by atoms with Crippen molar-refractivity contribution in [3.05, 3.63) is 39.3 Å². The minimum atomic E-state index is -0.0373. The molecular formula is C16H18Cl3N3OS. The molecule has 0 saturated carbocycles. The standard InChI is InChI=1S/C16H17Cl2N3OS.ClH/c1-16(8-19)4-5-21(9-16)15(22)13-7-23-14(20-13)10-2-3-11(17)12(18)6-10;/h2-3,6-7H,4-5,8-9,19H2,1H3;1H. The Morgan fingerprint density at radius 3 is 2.79 bits per heavy atom. The lowest BCUT2D eigenvalue weighted by Gasteiger charge is -2.22. The van der Waals surface area contributed by atoms with Crippen molar-refractivity contribution in [3.8, 4) is 10.6 Å². The molecule has 1 fully saturated rings. The van der Waals surface area contributed by atoms with E-state index in [1.807, 2.05) is 11.0 Å². The number of thiazole rings is 1. The maximum atomic E-state index is 12.6. The van der Waals surface area contributed by atoms with Crippen molar-refractivity contribution in [1.29, 1.82) is 0 Å². The van der Waals surface area contributed by atoms with Crippen LogP contribution in [-0.2, 0) is 0 Å². The molecule has 1 aromatic heterocycles. The SMILES string of the molecule is CC1(CN)CCN(C(=O)c2csc(-c3ccc(Cl)c(Cl)c3)n2)C1.Cl. The smallest absolute Gasteiger partial charge is 0.273 e. The maximum Gasteiger partial charge on any atom is 0.273 e. The van der Waals surface area contributed by atoms with Gasteiger partial charge in [0.2, 0.25) is 0 Å². The molecule has 1 aromatic carbocycles. The number of halogens is 3. The van der Waals surface area contributed by atoms with Crippen molar-refractivity contribution in [2.24, 2.45) is 11.1 Å². The van der Waals surface area contributed by atoms with Crippen LogP contribution >= 0.6 is 46.9 Å². The predicted molar refractivity (Wildman–Crippen MR) is 102 cm³/mol. The van der Waals surface area contributed by atoms with Crippen LogP contribution in [0, 0.1) is 5.41 Å². The summed E-state index contributed by atoms with van der Waals surface area (Å²) in [6.45, 7) is 4.11. The van der Waals surface area contributed by atoms with E-state index in [-0.39, 0.29) is 23.7 Å². The molecule has 1 atom stereocenters. The van der Waals surface area contributed by atoms with Gasteiger partial charge in [-0.2, -0.15) is 0 Å². The quantitative estimate of drug-likeness (QED) is 0.824. The molecule has 1 saturated heterocycles. The number of nitrogens with zero attached hydrogens (tertiary/aromatic N) is 2. The van der Waals surface area contributed by atoms with Gasteiger partial charge in [-0.05, 0) is 30.5 Å². The molecule has 8 heteroatoms. The molecule has 24 heavy (non-hydrogen) atoms. The zero-order valence-electron chi connectivity index (χ0n) is 13.1. The monoisotopic (exact) mass is 405 g/mol. The first-order valence-corrected chi connectivity index (χ1v) is 8.96. The van der Waals surface area contributed by atoms with E-state index in [0.717, 1.165) is 23.5 Å². The Bertz CT molecular complexity index is 752. The number of rotatable bonds is 3. The van der Waals surface area contributed by atoms with Gasteiger partial charge in [0.1, 0.15) is 10.7 Å². The van der Waals surface area contributed by atoms with Crippen LogP contribution in [0.1, 0.15) is 23.8 Å². The number of amides is 1. The molecule has 0 aliphatic carbocycles. The van der Waals surface area contributed by atoms with Gasteiger partial charge in [-0.1, -0.05) is 36.2 Å². The summed E-state index contributed by atoms with van der Waals surface area (Å²) in [6.07, 6.45) is 0.930. The molecule has 0 spiro atoms. The molecule has 1 aliphatic rings. The van der Waals surface area contributed by atoms with Gasteiger partial charge < -0.3 is 10.6 Å². The van der Waals surface area contributed by atoms with E-state index < -0.39 is 0 Å². The molecule has 2 heterocycles. The van der Waals surface area contributed by atoms with Crippen LogP contribution in [-0.4, -0.2) is 35.4 Å². The maximum absolute atomic E-state index is 12.6. The van der Waals surface area contributed by atoms with Gasteiger partial charge in [0.25, 0.3) is 5.91 Å². The first-order valence-electron chi connectivity index (χ1n) is 7.32. The number of hydrogen-bond acceptors (Lipinski definition) is 4. The van der Waals surface area contributed by atoms with E-state index >= 15 is 0 Å². The fourth-order valence-corrected chi connectivity index (χ4v) is 3.75. The summed E-state index contributed by atoms with van der Waals surface area (Å²) >= 11 is 13.4. The molecule has 1 aliphatic heterocycles. The third kappa shape index (κ3) is 3.86. The van der Waals surface area contributed by atoms with Gasteiger partial charge in [0.15, 0.2) is 0 Å². The Kier molecular flexibility index (Phi) is 6.15. The highest BCUT2D eigenvalue weighted by molar-refractivity contribution is 7.13. The Labute approximate surface area is 161 Å². The number of nitrogens with two attached hydrogens (primary N) is 1. The zero-order valence-corrected chi connectivity index (χ0v) is 16.2. The highest BCUT2D eigenvalue weighted by atomic mass is 35.5. The average molecular weight is 407 g/mol. The lowest BCUT2D eigenvalue weighted by atomic mass is 9.90. The number of hydrogen-bond donors (Lipinski definition) is 1. The van der Waals surface area contributed by atoms with Gasteiger partial charge in [-0.3, -0.25) is 4.79 Å². The summed E-state index contributed by atoms with van der Waals surface area (Å²) in [5.41, 5.74) is 7.14. The van der Waals surface area contributed by atoms with Gasteiger partial charge in [0, 0.05) is 24.0 Å². The lowest BCUT2D eigenvalue weighted by Crippen LogP contribution is -2.34.